The van der Waals surface area contributed by atoms with E-state index in [0.717, 1.165) is 43.2 Å². The van der Waals surface area contributed by atoms with Crippen molar-refractivity contribution in [1.82, 2.24) is 14.6 Å². The summed E-state index contributed by atoms with van der Waals surface area (Å²) in [5.41, 5.74) is 1.68. The van der Waals surface area contributed by atoms with E-state index >= 15 is 0 Å². The highest BCUT2D eigenvalue weighted by molar-refractivity contribution is 5.78. The van der Waals surface area contributed by atoms with Crippen LogP contribution >= 0.6 is 0 Å². The van der Waals surface area contributed by atoms with Crippen LogP contribution in [0.25, 0.3) is 5.65 Å². The number of hydrogen-bond acceptors (Lipinski definition) is 6. The zero-order chi connectivity index (χ0) is 22.6. The van der Waals surface area contributed by atoms with Crippen LogP contribution in [-0.4, -0.2) is 40.1 Å². The standard InChI is InChI=1S/C20H22N4O3.C2H6.C2H4/c1-14(25)9-15-3-2-4-17(10-15)27-20-6-5-19-22-18(11-24(19)23-20)21-8-7-16-12-26-13-16;2*1-2/h2-6,10-11,16,21H,7-9,12-13H2,1H3;1-2H3;1-2H2. The molecule has 1 aromatic carbocycles. The van der Waals surface area contributed by atoms with Gasteiger partial charge in [0.05, 0.1) is 19.4 Å². The van der Waals surface area contributed by atoms with Gasteiger partial charge in [0.1, 0.15) is 17.4 Å². The number of benzene rings is 1. The van der Waals surface area contributed by atoms with E-state index in [1.54, 1.807) is 17.5 Å². The highest BCUT2D eigenvalue weighted by Crippen LogP contribution is 2.22. The van der Waals surface area contributed by atoms with Crippen molar-refractivity contribution >= 4 is 17.2 Å². The molecule has 0 saturated carbocycles. The maximum absolute atomic E-state index is 11.3. The van der Waals surface area contributed by atoms with E-state index in [1.165, 1.54) is 0 Å². The van der Waals surface area contributed by atoms with Crippen molar-refractivity contribution in [3.8, 4) is 11.6 Å². The number of rotatable bonds is 8. The van der Waals surface area contributed by atoms with Gasteiger partial charge in [-0.1, -0.05) is 26.0 Å². The number of nitrogens with zero attached hydrogens (tertiary/aromatic N) is 3. The first-order valence-electron chi connectivity index (χ1n) is 10.6. The summed E-state index contributed by atoms with van der Waals surface area (Å²) in [4.78, 5) is 15.8. The number of Topliss-reactive ketones (excluding diaryl/α,β-unsaturated/α-hetero) is 1. The molecule has 3 aromatic rings. The molecule has 0 bridgehead atoms. The largest absolute Gasteiger partial charge is 0.438 e. The van der Waals surface area contributed by atoms with Gasteiger partial charge in [0, 0.05) is 24.9 Å². The Morgan fingerprint density at radius 2 is 2.03 bits per heavy atom. The maximum atomic E-state index is 11.3. The van der Waals surface area contributed by atoms with Crippen molar-refractivity contribution in [2.24, 2.45) is 5.92 Å². The van der Waals surface area contributed by atoms with Crippen molar-refractivity contribution in [3.63, 3.8) is 0 Å². The fourth-order valence-corrected chi connectivity index (χ4v) is 2.99. The number of carbonyl (C=O) groups excluding carboxylic acids is 1. The summed E-state index contributed by atoms with van der Waals surface area (Å²) in [5.74, 6) is 2.70. The van der Waals surface area contributed by atoms with Crippen molar-refractivity contribution in [2.75, 3.05) is 25.1 Å². The topological polar surface area (TPSA) is 77.8 Å². The Labute approximate surface area is 184 Å². The van der Waals surface area contributed by atoms with Crippen molar-refractivity contribution in [2.45, 2.75) is 33.6 Å². The molecular formula is C24H32N4O3. The third-order valence-corrected chi connectivity index (χ3v) is 4.44. The zero-order valence-corrected chi connectivity index (χ0v) is 18.6. The number of aromatic nitrogens is 3. The Kier molecular flexibility index (Phi) is 9.71. The van der Waals surface area contributed by atoms with Crippen LogP contribution in [0.2, 0.25) is 0 Å². The van der Waals surface area contributed by atoms with E-state index in [4.69, 9.17) is 9.47 Å². The summed E-state index contributed by atoms with van der Waals surface area (Å²) in [6, 6.07) is 11.1. The van der Waals surface area contributed by atoms with Gasteiger partial charge in [-0.3, -0.25) is 4.79 Å². The first-order valence-corrected chi connectivity index (χ1v) is 10.6. The quantitative estimate of drug-likeness (QED) is 0.517. The van der Waals surface area contributed by atoms with Gasteiger partial charge >= 0.3 is 0 Å². The van der Waals surface area contributed by atoms with E-state index in [0.29, 0.717) is 24.0 Å². The normalized spacial score (nSPS) is 12.6. The molecule has 1 N–H and O–H groups in total. The lowest BCUT2D eigenvalue weighted by Crippen LogP contribution is -2.29. The molecule has 3 heterocycles. The summed E-state index contributed by atoms with van der Waals surface area (Å²) < 4.78 is 12.7. The third kappa shape index (κ3) is 7.22. The summed E-state index contributed by atoms with van der Waals surface area (Å²) in [5, 5.41) is 7.79. The number of ether oxygens (including phenoxy) is 2. The predicted molar refractivity (Wildman–Crippen MR) is 124 cm³/mol. The fraction of sp³-hybridized carbons (Fsp3) is 0.375. The molecular weight excluding hydrogens is 392 g/mol. The number of imidazole rings is 1. The average molecular weight is 425 g/mol. The lowest BCUT2D eigenvalue weighted by molar-refractivity contribution is -0.116. The second-order valence-corrected chi connectivity index (χ2v) is 6.85. The number of fused-ring (bicyclic) bond motifs is 1. The van der Waals surface area contributed by atoms with Crippen LogP contribution in [0.5, 0.6) is 11.6 Å². The zero-order valence-electron chi connectivity index (χ0n) is 18.6. The molecule has 7 nitrogen and oxygen atoms in total. The van der Waals surface area contributed by atoms with Gasteiger partial charge in [-0.05, 0) is 37.1 Å². The van der Waals surface area contributed by atoms with Gasteiger partial charge in [0.2, 0.25) is 5.88 Å². The molecule has 0 spiro atoms. The van der Waals surface area contributed by atoms with Crippen molar-refractivity contribution in [3.05, 3.63) is 61.3 Å². The van der Waals surface area contributed by atoms with E-state index in [9.17, 15) is 4.79 Å². The summed E-state index contributed by atoms with van der Waals surface area (Å²) in [6.07, 6.45) is 3.32. The Morgan fingerprint density at radius 3 is 2.71 bits per heavy atom. The molecule has 0 radical (unpaired) electrons. The highest BCUT2D eigenvalue weighted by Gasteiger charge is 2.17. The molecule has 1 aliphatic heterocycles. The predicted octanol–water partition coefficient (Wildman–Crippen LogP) is 4.93. The lowest BCUT2D eigenvalue weighted by atomic mass is 10.0. The maximum Gasteiger partial charge on any atom is 0.237 e. The number of ketones is 1. The number of carbonyl (C=O) groups is 1. The van der Waals surface area contributed by atoms with E-state index in [1.807, 2.05) is 50.4 Å². The Bertz CT molecular complexity index is 966. The van der Waals surface area contributed by atoms with E-state index < -0.39 is 0 Å². The molecule has 2 aromatic heterocycles. The number of nitrogens with one attached hydrogen (secondary N) is 1. The molecule has 166 valence electrons. The number of anilines is 1. The minimum atomic E-state index is 0.120. The first kappa shape index (κ1) is 24.1. The van der Waals surface area contributed by atoms with E-state index in [2.05, 4.69) is 28.6 Å². The molecule has 0 atom stereocenters. The molecule has 0 amide bonds. The second kappa shape index (κ2) is 12.5. The van der Waals surface area contributed by atoms with Crippen LogP contribution in [0.3, 0.4) is 0 Å². The van der Waals surface area contributed by atoms with Crippen LogP contribution in [0.15, 0.2) is 55.8 Å². The van der Waals surface area contributed by atoms with Crippen LogP contribution in [0, 0.1) is 5.92 Å². The molecule has 31 heavy (non-hydrogen) atoms. The highest BCUT2D eigenvalue weighted by atomic mass is 16.5. The van der Waals surface area contributed by atoms with Crippen LogP contribution in [0.4, 0.5) is 5.82 Å². The molecule has 0 unspecified atom stereocenters. The average Bonchev–Trinajstić information content (AvgIpc) is 3.15. The van der Waals surface area contributed by atoms with Gasteiger partial charge < -0.3 is 14.8 Å². The van der Waals surface area contributed by atoms with Gasteiger partial charge in [-0.2, -0.15) is 0 Å². The number of hydrogen-bond donors (Lipinski definition) is 1. The smallest absolute Gasteiger partial charge is 0.237 e. The molecule has 1 aliphatic rings. The third-order valence-electron chi connectivity index (χ3n) is 4.44. The minimum absolute atomic E-state index is 0.120. The van der Waals surface area contributed by atoms with Gasteiger partial charge in [0.25, 0.3) is 0 Å². The van der Waals surface area contributed by atoms with Gasteiger partial charge in [0.15, 0.2) is 5.65 Å². The monoisotopic (exact) mass is 424 g/mol. The van der Waals surface area contributed by atoms with Crippen molar-refractivity contribution in [1.29, 1.82) is 0 Å². The van der Waals surface area contributed by atoms with E-state index in [-0.39, 0.29) is 5.78 Å². The van der Waals surface area contributed by atoms with Crippen molar-refractivity contribution < 1.29 is 14.3 Å². The molecule has 1 saturated heterocycles. The summed E-state index contributed by atoms with van der Waals surface area (Å²) in [6.45, 7) is 14.2. The minimum Gasteiger partial charge on any atom is -0.438 e. The van der Waals surface area contributed by atoms with Crippen LogP contribution in [0.1, 0.15) is 32.8 Å². The lowest BCUT2D eigenvalue weighted by Gasteiger charge is -2.25. The molecule has 1 fully saturated rings. The fourth-order valence-electron chi connectivity index (χ4n) is 2.99. The SMILES string of the molecule is C=C.CC.CC(=O)Cc1cccc(Oc2ccc3nc(NCCC4COC4)cn3n2)c1. The molecule has 7 heteroatoms. The second-order valence-electron chi connectivity index (χ2n) is 6.85. The Morgan fingerprint density at radius 1 is 1.26 bits per heavy atom. The van der Waals surface area contributed by atoms with Crippen LogP contribution < -0.4 is 10.1 Å². The summed E-state index contributed by atoms with van der Waals surface area (Å²) >= 11 is 0. The van der Waals surface area contributed by atoms with Gasteiger partial charge in [-0.15, -0.1) is 18.3 Å². The van der Waals surface area contributed by atoms with Crippen LogP contribution in [-0.2, 0) is 16.0 Å². The Hall–Kier alpha value is -3.19. The molecule has 0 aliphatic carbocycles. The summed E-state index contributed by atoms with van der Waals surface area (Å²) in [7, 11) is 0. The first-order chi connectivity index (χ1) is 15.2. The molecule has 4 rings (SSSR count). The van der Waals surface area contributed by atoms with Gasteiger partial charge in [-0.25, -0.2) is 9.50 Å². The Balaban J connectivity index is 0.000000807.